The monoisotopic (exact) mass is 249 g/mol. The molecule has 0 bridgehead atoms. The van der Waals surface area contributed by atoms with Crippen LogP contribution in [0.15, 0.2) is 35.2 Å². The number of hydrogen-bond donors (Lipinski definition) is 0. The lowest BCUT2D eigenvalue weighted by molar-refractivity contribution is -0.130. The molecule has 1 aliphatic rings. The van der Waals surface area contributed by atoms with Crippen LogP contribution in [0.1, 0.15) is 25.7 Å². The summed E-state index contributed by atoms with van der Waals surface area (Å²) >= 11 is 1.83. The average molecular weight is 249 g/mol. The highest BCUT2D eigenvalue weighted by molar-refractivity contribution is 7.99. The summed E-state index contributed by atoms with van der Waals surface area (Å²) in [6, 6.07) is 10.4. The van der Waals surface area contributed by atoms with Gasteiger partial charge >= 0.3 is 0 Å². The van der Waals surface area contributed by atoms with Gasteiger partial charge in [-0.15, -0.1) is 11.8 Å². The van der Waals surface area contributed by atoms with Crippen molar-refractivity contribution in [3.8, 4) is 0 Å². The van der Waals surface area contributed by atoms with Crippen molar-refractivity contribution in [2.75, 3.05) is 18.8 Å². The maximum atomic E-state index is 11.8. The van der Waals surface area contributed by atoms with E-state index >= 15 is 0 Å². The van der Waals surface area contributed by atoms with Crippen LogP contribution in [0.4, 0.5) is 0 Å². The van der Waals surface area contributed by atoms with Gasteiger partial charge in [0.25, 0.3) is 0 Å². The molecule has 1 saturated heterocycles. The van der Waals surface area contributed by atoms with Crippen LogP contribution in [-0.2, 0) is 4.79 Å². The number of carbonyl (C=O) groups excluding carboxylic acids is 1. The van der Waals surface area contributed by atoms with Gasteiger partial charge in [0.15, 0.2) is 0 Å². The van der Waals surface area contributed by atoms with Crippen LogP contribution in [0.25, 0.3) is 0 Å². The van der Waals surface area contributed by atoms with Gasteiger partial charge < -0.3 is 4.90 Å². The van der Waals surface area contributed by atoms with E-state index in [1.165, 1.54) is 17.7 Å². The molecule has 2 nitrogen and oxygen atoms in total. The maximum absolute atomic E-state index is 11.8. The summed E-state index contributed by atoms with van der Waals surface area (Å²) in [6.07, 6.45) is 4.06. The molecule has 1 aliphatic heterocycles. The fourth-order valence-corrected chi connectivity index (χ4v) is 2.93. The number of thioether (sulfide) groups is 1. The maximum Gasteiger partial charge on any atom is 0.222 e. The molecule has 1 aromatic rings. The van der Waals surface area contributed by atoms with E-state index in [1.54, 1.807) is 0 Å². The summed E-state index contributed by atoms with van der Waals surface area (Å²) in [5, 5.41) is 0. The van der Waals surface area contributed by atoms with E-state index in [-0.39, 0.29) is 0 Å². The summed E-state index contributed by atoms with van der Waals surface area (Å²) in [5.74, 6) is 1.38. The Morgan fingerprint density at radius 2 is 1.88 bits per heavy atom. The first kappa shape index (κ1) is 12.5. The Hall–Kier alpha value is -0.960. The second kappa shape index (κ2) is 6.70. The Kier molecular flexibility index (Phi) is 4.92. The molecule has 0 saturated carbocycles. The minimum atomic E-state index is 0.344. The van der Waals surface area contributed by atoms with Crippen molar-refractivity contribution in [2.24, 2.45) is 0 Å². The molecule has 1 fully saturated rings. The Bertz CT molecular complexity index is 346. The quantitative estimate of drug-likeness (QED) is 0.590. The third-order valence-corrected chi connectivity index (χ3v) is 4.10. The average Bonchev–Trinajstić information content (AvgIpc) is 2.89. The summed E-state index contributed by atoms with van der Waals surface area (Å²) in [6.45, 7) is 1.95. The van der Waals surface area contributed by atoms with Gasteiger partial charge in [-0.2, -0.15) is 0 Å². The van der Waals surface area contributed by atoms with Crippen molar-refractivity contribution < 1.29 is 4.79 Å². The summed E-state index contributed by atoms with van der Waals surface area (Å²) < 4.78 is 0. The fourth-order valence-electron chi connectivity index (χ4n) is 2.05. The van der Waals surface area contributed by atoms with Crippen LogP contribution >= 0.6 is 11.8 Å². The van der Waals surface area contributed by atoms with Crippen LogP contribution in [0.3, 0.4) is 0 Å². The Labute approximate surface area is 107 Å². The highest BCUT2D eigenvalue weighted by Crippen LogP contribution is 2.19. The van der Waals surface area contributed by atoms with Crippen molar-refractivity contribution in [3.05, 3.63) is 30.3 Å². The Morgan fingerprint density at radius 3 is 2.59 bits per heavy atom. The van der Waals surface area contributed by atoms with Gasteiger partial charge in [-0.1, -0.05) is 18.2 Å². The summed E-state index contributed by atoms with van der Waals surface area (Å²) in [4.78, 5) is 15.1. The lowest BCUT2D eigenvalue weighted by Gasteiger charge is -2.14. The Balaban J connectivity index is 1.61. The highest BCUT2D eigenvalue weighted by atomic mass is 32.2. The first-order chi connectivity index (χ1) is 8.36. The number of nitrogens with zero attached hydrogens (tertiary/aromatic N) is 1. The number of carbonyl (C=O) groups is 1. The van der Waals surface area contributed by atoms with Gasteiger partial charge in [0.1, 0.15) is 0 Å². The SMILES string of the molecule is O=C(CCCSc1ccccc1)N1CCCC1. The molecule has 0 spiro atoms. The largest absolute Gasteiger partial charge is 0.343 e. The molecule has 3 heteroatoms. The van der Waals surface area contributed by atoms with E-state index < -0.39 is 0 Å². The number of benzene rings is 1. The number of likely N-dealkylation sites (tertiary alicyclic amines) is 1. The third kappa shape index (κ3) is 4.08. The van der Waals surface area contributed by atoms with Gasteiger partial charge in [-0.3, -0.25) is 4.79 Å². The molecular weight excluding hydrogens is 230 g/mol. The standard InChI is InChI=1S/C14H19NOS/c16-14(15-10-4-5-11-15)9-6-12-17-13-7-2-1-3-8-13/h1-3,7-8H,4-6,9-12H2. The van der Waals surface area contributed by atoms with Crippen molar-refractivity contribution in [3.63, 3.8) is 0 Å². The summed E-state index contributed by atoms with van der Waals surface area (Å²) in [7, 11) is 0. The zero-order valence-corrected chi connectivity index (χ0v) is 10.9. The number of hydrogen-bond acceptors (Lipinski definition) is 2. The molecule has 17 heavy (non-hydrogen) atoms. The smallest absolute Gasteiger partial charge is 0.222 e. The third-order valence-electron chi connectivity index (χ3n) is 3.01. The molecule has 0 radical (unpaired) electrons. The second-order valence-electron chi connectivity index (χ2n) is 4.35. The zero-order valence-electron chi connectivity index (χ0n) is 10.1. The van der Waals surface area contributed by atoms with Crippen LogP contribution in [0.2, 0.25) is 0 Å². The molecule has 0 aromatic heterocycles. The lowest BCUT2D eigenvalue weighted by atomic mass is 10.3. The minimum Gasteiger partial charge on any atom is -0.343 e. The van der Waals surface area contributed by atoms with Gasteiger partial charge in [-0.05, 0) is 37.1 Å². The van der Waals surface area contributed by atoms with Gasteiger partial charge in [-0.25, -0.2) is 0 Å². The van der Waals surface area contributed by atoms with Crippen LogP contribution < -0.4 is 0 Å². The van der Waals surface area contributed by atoms with E-state index in [9.17, 15) is 4.79 Å². The molecular formula is C14H19NOS. The second-order valence-corrected chi connectivity index (χ2v) is 5.52. The topological polar surface area (TPSA) is 20.3 Å². The predicted molar refractivity (Wildman–Crippen MR) is 72.2 cm³/mol. The van der Waals surface area contributed by atoms with Gasteiger partial charge in [0, 0.05) is 24.4 Å². The van der Waals surface area contributed by atoms with Gasteiger partial charge in [0.05, 0.1) is 0 Å². The van der Waals surface area contributed by atoms with Gasteiger partial charge in [0.2, 0.25) is 5.91 Å². The summed E-state index contributed by atoms with van der Waals surface area (Å²) in [5.41, 5.74) is 0. The molecule has 1 heterocycles. The predicted octanol–water partition coefficient (Wildman–Crippen LogP) is 3.18. The minimum absolute atomic E-state index is 0.344. The molecule has 92 valence electrons. The van der Waals surface area contributed by atoms with Crippen LogP contribution in [-0.4, -0.2) is 29.6 Å². The molecule has 0 unspecified atom stereocenters. The first-order valence-electron chi connectivity index (χ1n) is 6.32. The molecule has 0 aliphatic carbocycles. The Morgan fingerprint density at radius 1 is 1.18 bits per heavy atom. The molecule has 0 atom stereocenters. The normalized spacial score (nSPS) is 15.2. The lowest BCUT2D eigenvalue weighted by Crippen LogP contribution is -2.27. The van der Waals surface area contributed by atoms with E-state index in [1.807, 2.05) is 22.7 Å². The van der Waals surface area contributed by atoms with Crippen molar-refractivity contribution >= 4 is 17.7 Å². The zero-order chi connectivity index (χ0) is 11.9. The van der Waals surface area contributed by atoms with E-state index in [2.05, 4.69) is 24.3 Å². The molecule has 1 amide bonds. The van der Waals surface area contributed by atoms with Crippen molar-refractivity contribution in [1.82, 2.24) is 4.90 Å². The van der Waals surface area contributed by atoms with Crippen molar-refractivity contribution in [1.29, 1.82) is 0 Å². The van der Waals surface area contributed by atoms with E-state index in [0.717, 1.165) is 25.3 Å². The molecule has 0 N–H and O–H groups in total. The van der Waals surface area contributed by atoms with Crippen LogP contribution in [0.5, 0.6) is 0 Å². The molecule has 2 rings (SSSR count). The fraction of sp³-hybridized carbons (Fsp3) is 0.500. The van der Waals surface area contributed by atoms with Crippen molar-refractivity contribution in [2.45, 2.75) is 30.6 Å². The molecule has 1 aromatic carbocycles. The van der Waals surface area contributed by atoms with Crippen LogP contribution in [0, 0.1) is 0 Å². The van der Waals surface area contributed by atoms with E-state index in [4.69, 9.17) is 0 Å². The first-order valence-corrected chi connectivity index (χ1v) is 7.30. The number of amides is 1. The van der Waals surface area contributed by atoms with E-state index in [0.29, 0.717) is 12.3 Å². The highest BCUT2D eigenvalue weighted by Gasteiger charge is 2.16. The number of rotatable bonds is 5.